The molecule has 0 aliphatic rings. The maximum atomic E-state index is 14.2. The van der Waals surface area contributed by atoms with Crippen LogP contribution in [0.5, 0.6) is 11.5 Å². The Bertz CT molecular complexity index is 1150. The molecule has 2 aromatic heterocycles. The number of aromatic nitrogens is 5. The molecule has 0 fully saturated rings. The zero-order valence-electron chi connectivity index (χ0n) is 15.7. The van der Waals surface area contributed by atoms with Gasteiger partial charge in [-0.05, 0) is 24.3 Å². The van der Waals surface area contributed by atoms with Crippen LogP contribution in [0.15, 0.2) is 53.5 Å². The first-order chi connectivity index (χ1) is 14.1. The van der Waals surface area contributed by atoms with Gasteiger partial charge in [0.1, 0.15) is 24.6 Å². The number of nitrogens with one attached hydrogen (secondary N) is 1. The summed E-state index contributed by atoms with van der Waals surface area (Å²) in [6.45, 7) is 0.923. The Labute approximate surface area is 186 Å². The van der Waals surface area contributed by atoms with E-state index in [2.05, 4.69) is 41.5 Å². The lowest BCUT2D eigenvalue weighted by Crippen LogP contribution is -2.09. The lowest BCUT2D eigenvalue weighted by molar-refractivity contribution is 0.273. The van der Waals surface area contributed by atoms with E-state index < -0.39 is 5.82 Å². The highest BCUT2D eigenvalue weighted by Crippen LogP contribution is 2.35. The lowest BCUT2D eigenvalue weighted by atomic mass is 10.2. The third-order valence-corrected chi connectivity index (χ3v) is 4.65. The molecule has 2 heterocycles. The lowest BCUT2D eigenvalue weighted by Gasteiger charge is -2.14. The second-order valence-electron chi connectivity index (χ2n) is 6.01. The van der Waals surface area contributed by atoms with Crippen molar-refractivity contribution in [2.45, 2.75) is 6.54 Å². The third kappa shape index (κ3) is 4.77. The van der Waals surface area contributed by atoms with E-state index in [9.17, 15) is 4.39 Å². The van der Waals surface area contributed by atoms with E-state index in [1.165, 1.54) is 12.4 Å². The molecule has 0 amide bonds. The van der Waals surface area contributed by atoms with Gasteiger partial charge in [-0.2, -0.15) is 0 Å². The van der Waals surface area contributed by atoms with Crippen molar-refractivity contribution < 1.29 is 13.9 Å². The molecule has 30 heavy (non-hydrogen) atoms. The third-order valence-electron chi connectivity index (χ3n) is 4.15. The van der Waals surface area contributed by atoms with E-state index >= 15 is 0 Å². The molecular weight excluding hydrogens is 479 g/mol. The molecule has 8 nitrogen and oxygen atoms in total. The monoisotopic (exact) mass is 494 g/mol. The zero-order valence-corrected chi connectivity index (χ0v) is 18.2. The van der Waals surface area contributed by atoms with Crippen LogP contribution in [0.25, 0.3) is 10.9 Å². The Balaban J connectivity index is 0.00000256. The Morgan fingerprint density at radius 2 is 2.03 bits per heavy atom. The van der Waals surface area contributed by atoms with E-state index in [0.29, 0.717) is 51.5 Å². The van der Waals surface area contributed by atoms with Crippen LogP contribution in [0.3, 0.4) is 0 Å². The van der Waals surface area contributed by atoms with Gasteiger partial charge in [-0.15, -0.1) is 17.5 Å². The largest absolute Gasteiger partial charge is 0.493 e. The van der Waals surface area contributed by atoms with Gasteiger partial charge in [0, 0.05) is 22.1 Å². The summed E-state index contributed by atoms with van der Waals surface area (Å²) in [5.41, 5.74) is 0.942. The number of methoxy groups -OCH3 is 1. The van der Waals surface area contributed by atoms with E-state index in [1.54, 1.807) is 48.5 Å². The smallest absolute Gasteiger partial charge is 0.163 e. The first kappa shape index (κ1) is 21.7. The minimum atomic E-state index is -0.397. The molecule has 0 radical (unpaired) electrons. The van der Waals surface area contributed by atoms with Gasteiger partial charge in [0.25, 0.3) is 0 Å². The van der Waals surface area contributed by atoms with Gasteiger partial charge >= 0.3 is 0 Å². The van der Waals surface area contributed by atoms with Crippen molar-refractivity contribution in [2.24, 2.45) is 0 Å². The summed E-state index contributed by atoms with van der Waals surface area (Å²) in [4.78, 5) is 8.55. The summed E-state index contributed by atoms with van der Waals surface area (Å²) in [6.07, 6.45) is 4.77. The fourth-order valence-electron chi connectivity index (χ4n) is 2.76. The van der Waals surface area contributed by atoms with Crippen LogP contribution in [0, 0.1) is 5.82 Å². The van der Waals surface area contributed by atoms with Crippen molar-refractivity contribution in [3.05, 3.63) is 59.3 Å². The Morgan fingerprint density at radius 1 is 1.17 bits per heavy atom. The quantitative estimate of drug-likeness (QED) is 0.407. The number of fused-ring (bicyclic) bond motifs is 1. The normalized spacial score (nSPS) is 10.5. The second-order valence-corrected chi connectivity index (χ2v) is 6.92. The number of nitrogens with zero attached hydrogens (tertiary/aromatic N) is 5. The Morgan fingerprint density at radius 3 is 2.77 bits per heavy atom. The van der Waals surface area contributed by atoms with E-state index in [4.69, 9.17) is 9.47 Å². The van der Waals surface area contributed by atoms with E-state index in [-0.39, 0.29) is 12.4 Å². The maximum Gasteiger partial charge on any atom is 0.163 e. The SMILES string of the molecule is COc1cc2c(Nc3ccc(Br)cc3F)ncnc2cc1OCCn1ccnn1.Cl. The summed E-state index contributed by atoms with van der Waals surface area (Å²) in [5, 5.41) is 11.3. The van der Waals surface area contributed by atoms with Gasteiger partial charge in [0.15, 0.2) is 11.5 Å². The molecule has 0 saturated carbocycles. The van der Waals surface area contributed by atoms with Crippen molar-refractivity contribution in [2.75, 3.05) is 19.0 Å². The summed E-state index contributed by atoms with van der Waals surface area (Å²) in [6, 6.07) is 8.29. The molecule has 156 valence electrons. The number of hydrogen-bond acceptors (Lipinski definition) is 7. The van der Waals surface area contributed by atoms with Crippen LogP contribution in [-0.2, 0) is 6.54 Å². The molecule has 4 rings (SSSR count). The molecule has 11 heteroatoms. The van der Waals surface area contributed by atoms with Gasteiger partial charge in [0.2, 0.25) is 0 Å². The van der Waals surface area contributed by atoms with Crippen molar-refractivity contribution in [3.63, 3.8) is 0 Å². The highest BCUT2D eigenvalue weighted by atomic mass is 79.9. The Kier molecular flexibility index (Phi) is 7.01. The van der Waals surface area contributed by atoms with Crippen LogP contribution in [0.2, 0.25) is 0 Å². The van der Waals surface area contributed by atoms with Crippen LogP contribution in [0.1, 0.15) is 0 Å². The minimum absolute atomic E-state index is 0. The van der Waals surface area contributed by atoms with Crippen molar-refractivity contribution in [1.82, 2.24) is 25.0 Å². The average molecular weight is 496 g/mol. The van der Waals surface area contributed by atoms with Gasteiger partial charge in [-0.3, -0.25) is 0 Å². The van der Waals surface area contributed by atoms with Gasteiger partial charge in [-0.1, -0.05) is 21.1 Å². The zero-order chi connectivity index (χ0) is 20.2. The molecule has 0 aliphatic heterocycles. The molecular formula is C19H17BrClFN6O2. The van der Waals surface area contributed by atoms with Gasteiger partial charge < -0.3 is 14.8 Å². The van der Waals surface area contributed by atoms with Crippen LogP contribution in [-0.4, -0.2) is 38.7 Å². The van der Waals surface area contributed by atoms with Gasteiger partial charge in [0.05, 0.1) is 31.1 Å². The van der Waals surface area contributed by atoms with Crippen LogP contribution in [0.4, 0.5) is 15.9 Å². The first-order valence-corrected chi connectivity index (χ1v) is 9.45. The molecule has 0 spiro atoms. The number of rotatable bonds is 7. The Hall–Kier alpha value is -2.98. The second kappa shape index (κ2) is 9.68. The predicted octanol–water partition coefficient (Wildman–Crippen LogP) is 4.38. The van der Waals surface area contributed by atoms with Crippen molar-refractivity contribution in [1.29, 1.82) is 0 Å². The standard InChI is InChI=1S/C19H16BrFN6O2.ClH/c1-28-17-9-13-16(10-18(17)29-7-6-27-5-4-24-26-27)22-11-23-19(13)25-15-3-2-12(20)8-14(15)21;/h2-5,8-11H,6-7H2,1H3,(H,22,23,25);1H. The average Bonchev–Trinajstić information content (AvgIpc) is 3.23. The fourth-order valence-corrected chi connectivity index (χ4v) is 3.09. The summed E-state index contributed by atoms with van der Waals surface area (Å²) < 4.78 is 27.8. The molecule has 4 aromatic rings. The summed E-state index contributed by atoms with van der Waals surface area (Å²) in [7, 11) is 1.55. The molecule has 0 saturated heterocycles. The van der Waals surface area contributed by atoms with Crippen LogP contribution < -0.4 is 14.8 Å². The van der Waals surface area contributed by atoms with E-state index in [0.717, 1.165) is 0 Å². The molecule has 0 bridgehead atoms. The topological polar surface area (TPSA) is 87.0 Å². The predicted molar refractivity (Wildman–Crippen MR) is 116 cm³/mol. The highest BCUT2D eigenvalue weighted by molar-refractivity contribution is 9.10. The van der Waals surface area contributed by atoms with Gasteiger partial charge in [-0.25, -0.2) is 19.0 Å². The number of halogens is 3. The fraction of sp³-hybridized carbons (Fsp3) is 0.158. The number of ether oxygens (including phenoxy) is 2. The molecule has 2 aromatic carbocycles. The van der Waals surface area contributed by atoms with Crippen LogP contribution >= 0.6 is 28.3 Å². The molecule has 0 unspecified atom stereocenters. The van der Waals surface area contributed by atoms with E-state index in [1.807, 2.05) is 0 Å². The number of anilines is 2. The minimum Gasteiger partial charge on any atom is -0.493 e. The maximum absolute atomic E-state index is 14.2. The highest BCUT2D eigenvalue weighted by Gasteiger charge is 2.13. The summed E-state index contributed by atoms with van der Waals surface area (Å²) in [5.74, 6) is 1.12. The number of hydrogen-bond donors (Lipinski definition) is 1. The first-order valence-electron chi connectivity index (χ1n) is 8.66. The summed E-state index contributed by atoms with van der Waals surface area (Å²) >= 11 is 3.25. The van der Waals surface area contributed by atoms with Crippen molar-refractivity contribution >= 4 is 50.7 Å². The molecule has 1 N–H and O–H groups in total. The molecule has 0 aliphatic carbocycles. The number of benzene rings is 2. The molecule has 0 atom stereocenters. The van der Waals surface area contributed by atoms with Crippen molar-refractivity contribution in [3.8, 4) is 11.5 Å².